The van der Waals surface area contributed by atoms with Crippen molar-refractivity contribution in [1.82, 2.24) is 4.57 Å². The van der Waals surface area contributed by atoms with Gasteiger partial charge in [0.05, 0.1) is 22.4 Å². The maximum Gasteiger partial charge on any atom is 0.256 e. The van der Waals surface area contributed by atoms with Crippen LogP contribution in [0.5, 0.6) is 11.5 Å². The monoisotopic (exact) mass is 1360 g/mol. The van der Waals surface area contributed by atoms with Crippen LogP contribution < -0.4 is 52.2 Å². The van der Waals surface area contributed by atoms with Crippen molar-refractivity contribution in [1.29, 1.82) is 0 Å². The van der Waals surface area contributed by atoms with Crippen molar-refractivity contribution in [2.24, 2.45) is 0 Å². The molecule has 510 valence electrons. The summed E-state index contributed by atoms with van der Waals surface area (Å²) in [7, 11) is 0. The van der Waals surface area contributed by atoms with Gasteiger partial charge in [-0.15, -0.1) is 0 Å². The van der Waals surface area contributed by atoms with Crippen LogP contribution in [-0.4, -0.2) is 18.0 Å². The maximum absolute atomic E-state index is 8.08. The number of para-hydroxylation sites is 4. The summed E-state index contributed by atoms with van der Waals surface area (Å²) in [5.41, 5.74) is 36.1. The molecule has 1 aromatic heterocycles. The number of nitrogens with zero attached hydrogens (tertiary/aromatic N) is 4. The van der Waals surface area contributed by atoms with Gasteiger partial charge in [0.15, 0.2) is 0 Å². The Bertz CT molecular complexity index is 6040. The molecule has 7 heteroatoms. The van der Waals surface area contributed by atoms with Crippen molar-refractivity contribution in [3.05, 3.63) is 325 Å². The Morgan fingerprint density at radius 2 is 0.774 bits per heavy atom. The molecular weight excluding hydrogens is 1280 g/mol. The molecular formula is C99H82B2N4O. The van der Waals surface area contributed by atoms with Crippen molar-refractivity contribution in [2.75, 3.05) is 14.7 Å². The highest BCUT2D eigenvalue weighted by Gasteiger charge is 2.49. The van der Waals surface area contributed by atoms with Crippen LogP contribution in [0.4, 0.5) is 51.2 Å². The zero-order chi connectivity index (χ0) is 72.0. The van der Waals surface area contributed by atoms with Gasteiger partial charge in [-0.25, -0.2) is 0 Å². The fourth-order valence-corrected chi connectivity index (χ4v) is 18.7. The molecule has 5 nitrogen and oxygen atoms in total. The van der Waals surface area contributed by atoms with Gasteiger partial charge < -0.3 is 24.0 Å². The van der Waals surface area contributed by atoms with Gasteiger partial charge in [0, 0.05) is 78.9 Å². The van der Waals surface area contributed by atoms with Gasteiger partial charge in [0.25, 0.3) is 13.4 Å². The lowest BCUT2D eigenvalue weighted by atomic mass is 9.30. The minimum Gasteiger partial charge on any atom is -0.458 e. The Morgan fingerprint density at radius 3 is 1.33 bits per heavy atom. The molecule has 0 N–H and O–H groups in total. The Kier molecular flexibility index (Phi) is 13.9. The van der Waals surface area contributed by atoms with Crippen LogP contribution in [0.25, 0.3) is 72.0 Å². The molecule has 0 radical (unpaired) electrons. The minimum atomic E-state index is -0.263. The number of hydrogen-bond donors (Lipinski definition) is 0. The second kappa shape index (κ2) is 23.1. The number of aromatic nitrogens is 1. The van der Waals surface area contributed by atoms with Crippen LogP contribution in [0.1, 0.15) is 104 Å². The molecule has 0 saturated heterocycles. The van der Waals surface area contributed by atoms with E-state index in [0.29, 0.717) is 0 Å². The van der Waals surface area contributed by atoms with E-state index in [9.17, 15) is 0 Å². The van der Waals surface area contributed by atoms with E-state index in [1.54, 1.807) is 0 Å². The number of benzene rings is 14. The fourth-order valence-electron chi connectivity index (χ4n) is 18.7. The molecule has 5 aliphatic rings. The van der Waals surface area contributed by atoms with E-state index in [1.165, 1.54) is 88.2 Å². The van der Waals surface area contributed by atoms with Crippen LogP contribution in [0.2, 0.25) is 0 Å². The zero-order valence-electron chi connectivity index (χ0n) is 62.1. The van der Waals surface area contributed by atoms with Crippen LogP contribution in [0.15, 0.2) is 297 Å². The summed E-state index contributed by atoms with van der Waals surface area (Å²) < 4.78 is 10.7. The molecule has 0 amide bonds. The number of hydrogen-bond acceptors (Lipinski definition) is 4. The smallest absolute Gasteiger partial charge is 0.256 e. The molecule has 4 aliphatic heterocycles. The number of fused-ring (bicyclic) bond motifs is 14. The fraction of sp³-hybridized carbons (Fsp3) is 0.152. The predicted octanol–water partition coefficient (Wildman–Crippen LogP) is 22.5. The third-order valence-corrected chi connectivity index (χ3v) is 23.8. The summed E-state index contributed by atoms with van der Waals surface area (Å²) >= 11 is 0. The van der Waals surface area contributed by atoms with Crippen molar-refractivity contribution in [3.63, 3.8) is 0 Å². The largest absolute Gasteiger partial charge is 0.458 e. The lowest BCUT2D eigenvalue weighted by Crippen LogP contribution is -2.64. The SMILES string of the molecule is CC(C)(C)c1cc(-c2ccccc2)c(N2c3cc4c(cc3B3c5ccccc5N(c5ccccc5)c5cc(-n6c7ccc(C(C)(C)C)cc7c7cc(C(C)(C)C)ccc76)cc2c53)B2c3ccccc3N(c3ccccc3)c3cc(-c5cccc6c5C(C)(C)c5ccccc5-6)cc(c32)O4)c(-c2ccccc2)c1. The van der Waals surface area contributed by atoms with Gasteiger partial charge in [-0.1, -0.05) is 270 Å². The third kappa shape index (κ3) is 9.56. The summed E-state index contributed by atoms with van der Waals surface area (Å²) in [6, 6.07) is 113. The quantitative estimate of drug-likeness (QED) is 0.148. The molecule has 1 aliphatic carbocycles. The molecule has 5 heterocycles. The van der Waals surface area contributed by atoms with E-state index >= 15 is 0 Å². The minimum absolute atomic E-state index is 0.0764. The van der Waals surface area contributed by atoms with E-state index in [1.807, 2.05) is 0 Å². The van der Waals surface area contributed by atoms with Gasteiger partial charge in [0.1, 0.15) is 11.5 Å². The van der Waals surface area contributed by atoms with Crippen molar-refractivity contribution < 1.29 is 4.74 Å². The number of ether oxygens (including phenoxy) is 1. The molecule has 14 aromatic carbocycles. The van der Waals surface area contributed by atoms with Crippen molar-refractivity contribution in [2.45, 2.75) is 97.8 Å². The Morgan fingerprint density at radius 1 is 0.302 bits per heavy atom. The molecule has 0 spiro atoms. The Labute approximate surface area is 623 Å². The lowest BCUT2D eigenvalue weighted by Gasteiger charge is -2.46. The van der Waals surface area contributed by atoms with Crippen molar-refractivity contribution >= 4 is 119 Å². The van der Waals surface area contributed by atoms with Gasteiger partial charge in [-0.2, -0.15) is 0 Å². The summed E-state index contributed by atoms with van der Waals surface area (Å²) in [6.07, 6.45) is 0. The topological polar surface area (TPSA) is 23.9 Å². The maximum atomic E-state index is 8.08. The Balaban J connectivity index is 0.930. The van der Waals surface area contributed by atoms with Gasteiger partial charge in [-0.3, -0.25) is 0 Å². The third-order valence-electron chi connectivity index (χ3n) is 23.8. The molecule has 0 saturated carbocycles. The van der Waals surface area contributed by atoms with Gasteiger partial charge in [0.2, 0.25) is 0 Å². The highest BCUT2D eigenvalue weighted by Crippen LogP contribution is 2.56. The van der Waals surface area contributed by atoms with Gasteiger partial charge in [-0.05, 0) is 207 Å². The molecule has 0 bridgehead atoms. The predicted molar refractivity (Wildman–Crippen MR) is 451 cm³/mol. The molecule has 15 aromatic rings. The molecule has 106 heavy (non-hydrogen) atoms. The first-order valence-corrected chi connectivity index (χ1v) is 37.8. The average molecular weight is 1370 g/mol. The molecule has 0 unspecified atom stereocenters. The lowest BCUT2D eigenvalue weighted by molar-refractivity contribution is 0.488. The summed E-state index contributed by atoms with van der Waals surface area (Å²) in [4.78, 5) is 7.77. The first-order chi connectivity index (χ1) is 51.3. The van der Waals surface area contributed by atoms with E-state index in [0.717, 1.165) is 107 Å². The van der Waals surface area contributed by atoms with Crippen molar-refractivity contribution in [3.8, 4) is 61.7 Å². The Hall–Kier alpha value is -11.8. The number of rotatable bonds is 7. The van der Waals surface area contributed by atoms with Crippen LogP contribution in [0, 0.1) is 0 Å². The highest BCUT2D eigenvalue weighted by atomic mass is 16.5. The average Bonchev–Trinajstić information content (AvgIpc) is 0.700. The summed E-state index contributed by atoms with van der Waals surface area (Å²) in [5, 5.41) is 2.50. The molecule has 0 atom stereocenters. The van der Waals surface area contributed by atoms with E-state index < -0.39 is 0 Å². The van der Waals surface area contributed by atoms with Crippen LogP contribution >= 0.6 is 0 Å². The van der Waals surface area contributed by atoms with E-state index in [4.69, 9.17) is 4.74 Å². The highest BCUT2D eigenvalue weighted by molar-refractivity contribution is 7.02. The standard InChI is InChI=1S/C99H82B2N4O/c1-96(2,3)64-47-49-82-75(53-64)76-54-65(97(4,5)6)48-50-83(76)104(82)69-57-88-93-89(58-69)105(95-73(61-31-16-12-17-32-61)55-66(98(7,8)9)56-74(95)62-33-18-13-19-34-62)86-60-90-81(59-80(86)100(93)78-43-26-28-45-84(78)103(88)68-37-22-15-23-38-68)101-79-44-27-29-46-85(79)102(67-35-20-14-21-36-67)87-51-63(52-91(106-90)94(87)101)70-40-30-41-72-71-39-24-25-42-77(71)99(10,11)92(70)72/h12-60H,1-11H3. The van der Waals surface area contributed by atoms with E-state index in [-0.39, 0.29) is 35.1 Å². The first kappa shape index (κ1) is 63.9. The van der Waals surface area contributed by atoms with E-state index in [2.05, 4.69) is 393 Å². The van der Waals surface area contributed by atoms with Crippen LogP contribution in [0.3, 0.4) is 0 Å². The first-order valence-electron chi connectivity index (χ1n) is 37.8. The molecule has 0 fully saturated rings. The normalized spacial score (nSPS) is 14.2. The summed E-state index contributed by atoms with van der Waals surface area (Å²) in [5.74, 6) is 1.70. The second-order valence-electron chi connectivity index (χ2n) is 33.6. The second-order valence-corrected chi connectivity index (χ2v) is 33.6. The molecule has 20 rings (SSSR count). The van der Waals surface area contributed by atoms with Gasteiger partial charge >= 0.3 is 0 Å². The summed E-state index contributed by atoms with van der Waals surface area (Å²) in [6.45, 7) is 25.4. The van der Waals surface area contributed by atoms with Crippen LogP contribution in [-0.2, 0) is 21.7 Å². The number of anilines is 9. The zero-order valence-corrected chi connectivity index (χ0v) is 62.1.